The molecule has 0 aromatic heterocycles. The molecular formula is C10H6Cl3N3O2. The molecule has 1 aromatic carbocycles. The summed E-state index contributed by atoms with van der Waals surface area (Å²) in [6.45, 7) is 0. The SMILES string of the molecule is COC(=O)C(C#N)=NNc1c(Cl)cc(Cl)cc1Cl. The molecule has 0 radical (unpaired) electrons. The van der Waals surface area contributed by atoms with Crippen LogP contribution in [0.2, 0.25) is 15.1 Å². The Morgan fingerprint density at radius 1 is 1.39 bits per heavy atom. The van der Waals surface area contributed by atoms with Crippen molar-refractivity contribution in [3.63, 3.8) is 0 Å². The molecule has 0 saturated heterocycles. The molecule has 0 atom stereocenters. The summed E-state index contributed by atoms with van der Waals surface area (Å²) in [6.07, 6.45) is 0. The topological polar surface area (TPSA) is 74.5 Å². The van der Waals surface area contributed by atoms with E-state index in [1.807, 2.05) is 0 Å². The Labute approximate surface area is 118 Å². The van der Waals surface area contributed by atoms with Gasteiger partial charge in [-0.3, -0.25) is 5.43 Å². The van der Waals surface area contributed by atoms with Crippen molar-refractivity contribution in [2.75, 3.05) is 12.5 Å². The first-order valence-corrected chi connectivity index (χ1v) is 5.59. The lowest BCUT2D eigenvalue weighted by atomic mass is 10.3. The van der Waals surface area contributed by atoms with Crippen molar-refractivity contribution in [1.29, 1.82) is 5.26 Å². The third-order valence-corrected chi connectivity index (χ3v) is 2.59. The van der Waals surface area contributed by atoms with Crippen LogP contribution >= 0.6 is 34.8 Å². The van der Waals surface area contributed by atoms with E-state index >= 15 is 0 Å². The van der Waals surface area contributed by atoms with Crippen molar-refractivity contribution in [3.8, 4) is 6.07 Å². The maximum Gasteiger partial charge on any atom is 0.369 e. The summed E-state index contributed by atoms with van der Waals surface area (Å²) in [5.74, 6) is -0.869. The number of benzene rings is 1. The van der Waals surface area contributed by atoms with E-state index in [2.05, 4.69) is 15.3 Å². The van der Waals surface area contributed by atoms with Gasteiger partial charge in [0.25, 0.3) is 0 Å². The van der Waals surface area contributed by atoms with Gasteiger partial charge in [-0.25, -0.2) is 4.79 Å². The molecule has 18 heavy (non-hydrogen) atoms. The van der Waals surface area contributed by atoms with Gasteiger partial charge in [0.05, 0.1) is 22.8 Å². The van der Waals surface area contributed by atoms with Crippen LogP contribution in [-0.4, -0.2) is 18.8 Å². The van der Waals surface area contributed by atoms with E-state index in [4.69, 9.17) is 40.1 Å². The van der Waals surface area contributed by atoms with Crippen molar-refractivity contribution in [3.05, 3.63) is 27.2 Å². The van der Waals surface area contributed by atoms with Gasteiger partial charge in [0.2, 0.25) is 5.71 Å². The summed E-state index contributed by atoms with van der Waals surface area (Å²) in [7, 11) is 1.14. The zero-order valence-corrected chi connectivity index (χ0v) is 11.3. The zero-order valence-electron chi connectivity index (χ0n) is 9.00. The molecule has 1 N–H and O–H groups in total. The highest BCUT2D eigenvalue weighted by atomic mass is 35.5. The van der Waals surface area contributed by atoms with Crippen LogP contribution < -0.4 is 5.43 Å². The van der Waals surface area contributed by atoms with Crippen molar-refractivity contribution >= 4 is 52.2 Å². The molecule has 0 heterocycles. The molecule has 0 aliphatic heterocycles. The van der Waals surface area contributed by atoms with E-state index in [1.54, 1.807) is 6.07 Å². The Kier molecular flexibility index (Phi) is 5.23. The molecule has 94 valence electrons. The minimum absolute atomic E-state index is 0.207. The molecule has 8 heteroatoms. The van der Waals surface area contributed by atoms with Crippen LogP contribution in [0.25, 0.3) is 0 Å². The summed E-state index contributed by atoms with van der Waals surface area (Å²) in [6, 6.07) is 4.46. The molecule has 1 rings (SSSR count). The first-order valence-electron chi connectivity index (χ1n) is 4.46. The van der Waals surface area contributed by atoms with Crippen LogP contribution in [0, 0.1) is 11.3 Å². The van der Waals surface area contributed by atoms with Crippen LogP contribution in [0.4, 0.5) is 5.69 Å². The van der Waals surface area contributed by atoms with Crippen molar-refractivity contribution < 1.29 is 9.53 Å². The molecule has 0 bridgehead atoms. The van der Waals surface area contributed by atoms with E-state index < -0.39 is 11.7 Å². The van der Waals surface area contributed by atoms with E-state index in [-0.39, 0.29) is 15.7 Å². The maximum atomic E-state index is 11.1. The van der Waals surface area contributed by atoms with Crippen LogP contribution in [0.5, 0.6) is 0 Å². The van der Waals surface area contributed by atoms with Crippen LogP contribution in [0.1, 0.15) is 0 Å². The smallest absolute Gasteiger partial charge is 0.369 e. The van der Waals surface area contributed by atoms with Gasteiger partial charge in [-0.2, -0.15) is 10.4 Å². The number of carbonyl (C=O) groups is 1. The van der Waals surface area contributed by atoms with Crippen LogP contribution in [0.3, 0.4) is 0 Å². The molecule has 0 unspecified atom stereocenters. The number of hydrogen-bond acceptors (Lipinski definition) is 5. The predicted octanol–water partition coefficient (Wildman–Crippen LogP) is 3.11. The zero-order chi connectivity index (χ0) is 13.7. The number of hydrogen-bond donors (Lipinski definition) is 1. The molecule has 5 nitrogen and oxygen atoms in total. The molecule has 1 aromatic rings. The van der Waals surface area contributed by atoms with Gasteiger partial charge in [-0.05, 0) is 12.1 Å². The first kappa shape index (κ1) is 14.6. The number of nitriles is 1. The van der Waals surface area contributed by atoms with Gasteiger partial charge >= 0.3 is 5.97 Å². The second-order valence-corrected chi connectivity index (χ2v) is 4.17. The number of hydrazone groups is 1. The molecule has 0 aliphatic carbocycles. The Balaban J connectivity index is 3.03. The molecular weight excluding hydrogens is 300 g/mol. The highest BCUT2D eigenvalue weighted by Gasteiger charge is 2.12. The van der Waals surface area contributed by atoms with E-state index in [0.717, 1.165) is 7.11 Å². The summed E-state index contributed by atoms with van der Waals surface area (Å²) < 4.78 is 4.35. The van der Waals surface area contributed by atoms with E-state index in [1.165, 1.54) is 12.1 Å². The molecule has 0 saturated carbocycles. The highest BCUT2D eigenvalue weighted by molar-refractivity contribution is 6.44. The normalized spacial score (nSPS) is 10.7. The van der Waals surface area contributed by atoms with E-state index in [0.29, 0.717) is 5.02 Å². The summed E-state index contributed by atoms with van der Waals surface area (Å²) in [5, 5.41) is 13.0. The highest BCUT2D eigenvalue weighted by Crippen LogP contribution is 2.33. The number of methoxy groups -OCH3 is 1. The number of ether oxygens (including phenoxy) is 1. The fraction of sp³-hybridized carbons (Fsp3) is 0.100. The second kappa shape index (κ2) is 6.45. The van der Waals surface area contributed by atoms with Crippen molar-refractivity contribution in [1.82, 2.24) is 0 Å². The minimum Gasteiger partial charge on any atom is -0.464 e. The minimum atomic E-state index is -0.869. The summed E-state index contributed by atoms with van der Waals surface area (Å²) in [5.41, 5.74) is 2.19. The summed E-state index contributed by atoms with van der Waals surface area (Å²) in [4.78, 5) is 11.1. The average Bonchev–Trinajstić information content (AvgIpc) is 2.31. The van der Waals surface area contributed by atoms with Gasteiger partial charge in [0, 0.05) is 5.02 Å². The Bertz CT molecular complexity index is 529. The third-order valence-electron chi connectivity index (χ3n) is 1.77. The lowest BCUT2D eigenvalue weighted by Crippen LogP contribution is -2.15. The van der Waals surface area contributed by atoms with Crippen molar-refractivity contribution in [2.45, 2.75) is 0 Å². The Morgan fingerprint density at radius 2 is 1.94 bits per heavy atom. The average molecular weight is 307 g/mol. The van der Waals surface area contributed by atoms with Gasteiger partial charge in [-0.1, -0.05) is 34.8 Å². The van der Waals surface area contributed by atoms with Gasteiger partial charge in [0.15, 0.2) is 0 Å². The molecule has 0 amide bonds. The van der Waals surface area contributed by atoms with Crippen LogP contribution in [-0.2, 0) is 9.53 Å². The lowest BCUT2D eigenvalue weighted by Gasteiger charge is -2.06. The largest absolute Gasteiger partial charge is 0.464 e. The Hall–Kier alpha value is -1.48. The quantitative estimate of drug-likeness (QED) is 0.529. The number of anilines is 1. The fourth-order valence-corrected chi connectivity index (χ4v) is 1.88. The van der Waals surface area contributed by atoms with Crippen molar-refractivity contribution in [2.24, 2.45) is 5.10 Å². The number of nitrogens with one attached hydrogen (secondary N) is 1. The second-order valence-electron chi connectivity index (χ2n) is 2.92. The fourth-order valence-electron chi connectivity index (χ4n) is 0.974. The number of carbonyl (C=O) groups excluding carboxylic acids is 1. The molecule has 0 aliphatic rings. The standard InChI is InChI=1S/C10H6Cl3N3O2/c1-18-10(17)8(4-14)15-16-9-6(12)2-5(11)3-7(9)13/h2-3,16H,1H3. The monoisotopic (exact) mass is 305 g/mol. The number of halogens is 3. The molecule has 0 spiro atoms. The lowest BCUT2D eigenvalue weighted by molar-refractivity contribution is -0.132. The molecule has 0 fully saturated rings. The predicted molar refractivity (Wildman–Crippen MR) is 70.2 cm³/mol. The number of esters is 1. The van der Waals surface area contributed by atoms with Gasteiger partial charge in [-0.15, -0.1) is 0 Å². The van der Waals surface area contributed by atoms with Gasteiger partial charge in [0.1, 0.15) is 6.07 Å². The first-order chi connectivity index (χ1) is 8.49. The third kappa shape index (κ3) is 3.50. The number of rotatable bonds is 3. The van der Waals surface area contributed by atoms with Crippen LogP contribution in [0.15, 0.2) is 17.2 Å². The summed E-state index contributed by atoms with van der Waals surface area (Å²) >= 11 is 17.5. The number of nitrogens with zero attached hydrogens (tertiary/aromatic N) is 2. The Morgan fingerprint density at radius 3 is 2.39 bits per heavy atom. The maximum absolute atomic E-state index is 11.1. The van der Waals surface area contributed by atoms with E-state index in [9.17, 15) is 4.79 Å². The van der Waals surface area contributed by atoms with Gasteiger partial charge < -0.3 is 4.74 Å².